The number of rotatable bonds is 6. The molecule has 1 aromatic rings. The van der Waals surface area contributed by atoms with Crippen molar-refractivity contribution in [2.24, 2.45) is 5.92 Å². The Morgan fingerprint density at radius 2 is 1.85 bits per heavy atom. The van der Waals surface area contributed by atoms with Crippen LogP contribution in [0.1, 0.15) is 37.8 Å². The fourth-order valence-corrected chi connectivity index (χ4v) is 3.04. The van der Waals surface area contributed by atoms with Crippen LogP contribution in [0, 0.1) is 5.92 Å². The maximum absolute atomic E-state index is 6.02. The van der Waals surface area contributed by atoms with Crippen molar-refractivity contribution in [3.8, 4) is 0 Å². The summed E-state index contributed by atoms with van der Waals surface area (Å²) in [6.45, 7) is 9.09. The Morgan fingerprint density at radius 3 is 2.45 bits per heavy atom. The molecule has 0 unspecified atom stereocenters. The highest BCUT2D eigenvalue weighted by molar-refractivity contribution is 6.17. The zero-order chi connectivity index (χ0) is 14.4. The van der Waals surface area contributed by atoms with Gasteiger partial charge >= 0.3 is 0 Å². The van der Waals surface area contributed by atoms with Crippen LogP contribution < -0.4 is 5.32 Å². The number of hydrogen-bond donors (Lipinski definition) is 1. The van der Waals surface area contributed by atoms with E-state index >= 15 is 0 Å². The molecule has 3 heteroatoms. The van der Waals surface area contributed by atoms with Crippen LogP contribution in [-0.4, -0.2) is 30.6 Å². The molecule has 0 saturated carbocycles. The quantitative estimate of drug-likeness (QED) is 0.806. The van der Waals surface area contributed by atoms with Crippen molar-refractivity contribution >= 4 is 11.6 Å². The Labute approximate surface area is 128 Å². The Kier molecular flexibility index (Phi) is 6.34. The third-order valence-corrected chi connectivity index (χ3v) is 4.35. The molecule has 1 N–H and O–H groups in total. The van der Waals surface area contributed by atoms with E-state index < -0.39 is 0 Å². The number of alkyl halides is 1. The topological polar surface area (TPSA) is 15.3 Å². The molecule has 20 heavy (non-hydrogen) atoms. The standard InChI is InChI=1S/C17H27ClN2/c1-14(2)12-19-17-7-9-20(10-8-17)13-16-6-4-3-5-15(16)11-18/h3-6,14,17,19H,7-13H2,1-2H3. The number of hydrogen-bond acceptors (Lipinski definition) is 2. The van der Waals surface area contributed by atoms with E-state index in [-0.39, 0.29) is 0 Å². The zero-order valence-electron chi connectivity index (χ0n) is 12.7. The molecule has 1 aliphatic heterocycles. The molecule has 0 spiro atoms. The summed E-state index contributed by atoms with van der Waals surface area (Å²) in [4.78, 5) is 2.55. The molecule has 0 atom stereocenters. The van der Waals surface area contributed by atoms with Crippen LogP contribution in [0.25, 0.3) is 0 Å². The molecule has 1 heterocycles. The summed E-state index contributed by atoms with van der Waals surface area (Å²) in [5.41, 5.74) is 2.66. The third-order valence-electron chi connectivity index (χ3n) is 4.06. The molecule has 0 radical (unpaired) electrons. The SMILES string of the molecule is CC(C)CNC1CCN(Cc2ccccc2CCl)CC1. The van der Waals surface area contributed by atoms with E-state index in [4.69, 9.17) is 11.6 Å². The summed E-state index contributed by atoms with van der Waals surface area (Å²) >= 11 is 6.02. The summed E-state index contributed by atoms with van der Waals surface area (Å²) in [7, 11) is 0. The number of halogens is 1. The molecule has 0 bridgehead atoms. The van der Waals surface area contributed by atoms with Gasteiger partial charge in [0.1, 0.15) is 0 Å². The van der Waals surface area contributed by atoms with Crippen LogP contribution in [0.4, 0.5) is 0 Å². The van der Waals surface area contributed by atoms with Crippen molar-refractivity contribution < 1.29 is 0 Å². The van der Waals surface area contributed by atoms with Crippen molar-refractivity contribution in [2.75, 3.05) is 19.6 Å². The van der Waals surface area contributed by atoms with Gasteiger partial charge < -0.3 is 5.32 Å². The smallest absolute Gasteiger partial charge is 0.0477 e. The van der Waals surface area contributed by atoms with Gasteiger partial charge in [-0.25, -0.2) is 0 Å². The lowest BCUT2D eigenvalue weighted by atomic mass is 10.0. The van der Waals surface area contributed by atoms with Crippen molar-refractivity contribution in [1.82, 2.24) is 10.2 Å². The summed E-state index contributed by atoms with van der Waals surface area (Å²) in [5.74, 6) is 1.35. The summed E-state index contributed by atoms with van der Waals surface area (Å²) in [6.07, 6.45) is 2.52. The van der Waals surface area contributed by atoms with E-state index in [2.05, 4.69) is 48.3 Å². The number of piperidine rings is 1. The van der Waals surface area contributed by atoms with Gasteiger partial charge in [0.15, 0.2) is 0 Å². The highest BCUT2D eigenvalue weighted by atomic mass is 35.5. The van der Waals surface area contributed by atoms with E-state index in [0.717, 1.165) is 19.0 Å². The van der Waals surface area contributed by atoms with Gasteiger partial charge in [0.05, 0.1) is 0 Å². The van der Waals surface area contributed by atoms with E-state index in [1.54, 1.807) is 0 Å². The summed E-state index contributed by atoms with van der Waals surface area (Å²) < 4.78 is 0. The Balaban J connectivity index is 1.79. The highest BCUT2D eigenvalue weighted by Crippen LogP contribution is 2.17. The number of nitrogens with one attached hydrogen (secondary N) is 1. The molecule has 0 amide bonds. The first kappa shape index (κ1) is 15.8. The number of benzene rings is 1. The van der Waals surface area contributed by atoms with Crippen LogP contribution >= 0.6 is 11.6 Å². The van der Waals surface area contributed by atoms with Gasteiger partial charge in [0.25, 0.3) is 0 Å². The van der Waals surface area contributed by atoms with Gasteiger partial charge in [-0.3, -0.25) is 4.90 Å². The molecule has 2 rings (SSSR count). The Bertz CT molecular complexity index is 398. The maximum atomic E-state index is 6.02. The van der Waals surface area contributed by atoms with Crippen molar-refractivity contribution in [2.45, 2.75) is 45.2 Å². The average Bonchev–Trinajstić information content (AvgIpc) is 2.47. The van der Waals surface area contributed by atoms with Crippen LogP contribution in [0.5, 0.6) is 0 Å². The van der Waals surface area contributed by atoms with Crippen molar-refractivity contribution in [3.05, 3.63) is 35.4 Å². The first-order valence-electron chi connectivity index (χ1n) is 7.77. The van der Waals surface area contributed by atoms with Gasteiger partial charge in [0.2, 0.25) is 0 Å². The molecule has 1 aliphatic rings. The average molecular weight is 295 g/mol. The predicted octanol–water partition coefficient (Wildman–Crippen LogP) is 3.64. The minimum absolute atomic E-state index is 0.614. The van der Waals surface area contributed by atoms with E-state index in [0.29, 0.717) is 11.9 Å². The van der Waals surface area contributed by atoms with Crippen LogP contribution in [0.15, 0.2) is 24.3 Å². The summed E-state index contributed by atoms with van der Waals surface area (Å²) in [5, 5.41) is 3.68. The second-order valence-electron chi connectivity index (χ2n) is 6.25. The molecule has 0 aliphatic carbocycles. The molecular formula is C17H27ClN2. The fraction of sp³-hybridized carbons (Fsp3) is 0.647. The summed E-state index contributed by atoms with van der Waals surface area (Å²) in [6, 6.07) is 9.24. The Hall–Kier alpha value is -0.570. The van der Waals surface area contributed by atoms with Gasteiger partial charge in [-0.15, -0.1) is 11.6 Å². The minimum Gasteiger partial charge on any atom is -0.314 e. The van der Waals surface area contributed by atoms with Crippen LogP contribution in [0.2, 0.25) is 0 Å². The van der Waals surface area contributed by atoms with Gasteiger partial charge in [0, 0.05) is 18.5 Å². The zero-order valence-corrected chi connectivity index (χ0v) is 13.5. The predicted molar refractivity (Wildman–Crippen MR) is 87.1 cm³/mol. The van der Waals surface area contributed by atoms with E-state index in [1.165, 1.54) is 37.1 Å². The fourth-order valence-electron chi connectivity index (χ4n) is 2.78. The molecule has 112 valence electrons. The van der Waals surface area contributed by atoms with E-state index in [9.17, 15) is 0 Å². The first-order chi connectivity index (χ1) is 9.69. The Morgan fingerprint density at radius 1 is 1.20 bits per heavy atom. The molecule has 1 saturated heterocycles. The lowest BCUT2D eigenvalue weighted by molar-refractivity contribution is 0.188. The monoisotopic (exact) mass is 294 g/mol. The second-order valence-corrected chi connectivity index (χ2v) is 6.52. The van der Waals surface area contributed by atoms with Gasteiger partial charge in [-0.05, 0) is 49.5 Å². The lowest BCUT2D eigenvalue weighted by Crippen LogP contribution is -2.43. The lowest BCUT2D eigenvalue weighted by Gasteiger charge is -2.33. The molecule has 1 aromatic carbocycles. The van der Waals surface area contributed by atoms with Crippen molar-refractivity contribution in [1.29, 1.82) is 0 Å². The third kappa shape index (κ3) is 4.76. The van der Waals surface area contributed by atoms with Gasteiger partial charge in [-0.2, -0.15) is 0 Å². The molecule has 1 fully saturated rings. The highest BCUT2D eigenvalue weighted by Gasteiger charge is 2.19. The first-order valence-corrected chi connectivity index (χ1v) is 8.31. The van der Waals surface area contributed by atoms with E-state index in [1.807, 2.05) is 0 Å². The maximum Gasteiger partial charge on any atom is 0.0477 e. The normalized spacial score (nSPS) is 17.8. The van der Waals surface area contributed by atoms with Crippen LogP contribution in [0.3, 0.4) is 0 Å². The second kappa shape index (κ2) is 8.02. The van der Waals surface area contributed by atoms with Gasteiger partial charge in [-0.1, -0.05) is 38.1 Å². The number of likely N-dealkylation sites (tertiary alicyclic amines) is 1. The largest absolute Gasteiger partial charge is 0.314 e. The minimum atomic E-state index is 0.614. The molecule has 0 aromatic heterocycles. The number of nitrogens with zero attached hydrogens (tertiary/aromatic N) is 1. The molecule has 2 nitrogen and oxygen atoms in total. The van der Waals surface area contributed by atoms with Crippen molar-refractivity contribution in [3.63, 3.8) is 0 Å². The van der Waals surface area contributed by atoms with Crippen LogP contribution in [-0.2, 0) is 12.4 Å². The molecular weight excluding hydrogens is 268 g/mol.